The first-order valence-corrected chi connectivity index (χ1v) is 14.1. The fourth-order valence-corrected chi connectivity index (χ4v) is 6.06. The van der Waals surface area contributed by atoms with Crippen molar-refractivity contribution in [1.29, 1.82) is 0 Å². The topological polar surface area (TPSA) is 113 Å². The van der Waals surface area contributed by atoms with Crippen molar-refractivity contribution >= 4 is 40.2 Å². The number of hydrogen-bond acceptors (Lipinski definition) is 5. The van der Waals surface area contributed by atoms with Crippen molar-refractivity contribution in [2.24, 2.45) is 13.0 Å². The molecular weight excluding hydrogens is 544 g/mol. The van der Waals surface area contributed by atoms with Gasteiger partial charge in [0.25, 0.3) is 11.8 Å². The first-order chi connectivity index (χ1) is 19.9. The maximum absolute atomic E-state index is 13.6. The number of aromatic nitrogens is 3. The largest absolute Gasteiger partial charge is 0.494 e. The number of aromatic amines is 1. The lowest BCUT2D eigenvalue weighted by Crippen LogP contribution is -2.42. The summed E-state index contributed by atoms with van der Waals surface area (Å²) >= 11 is 6.26. The molecule has 0 spiro atoms. The fourth-order valence-electron chi connectivity index (χ4n) is 5.80. The number of para-hydroxylation sites is 1. The highest BCUT2D eigenvalue weighted by molar-refractivity contribution is 6.33. The fraction of sp³-hybridized carbons (Fsp3) is 0.333. The van der Waals surface area contributed by atoms with E-state index in [4.69, 9.17) is 16.3 Å². The van der Waals surface area contributed by atoms with Gasteiger partial charge in [-0.2, -0.15) is 5.10 Å². The number of rotatable bonds is 2. The highest BCUT2D eigenvalue weighted by Gasteiger charge is 2.41. The second kappa shape index (κ2) is 11.3. The van der Waals surface area contributed by atoms with Crippen LogP contribution in [-0.2, 0) is 11.8 Å². The number of aryl methyl sites for hydroxylation is 1. The summed E-state index contributed by atoms with van der Waals surface area (Å²) in [7, 11) is 1.70. The number of likely N-dealkylation sites (tertiary alicyclic amines) is 1. The van der Waals surface area contributed by atoms with Gasteiger partial charge in [0.2, 0.25) is 5.91 Å². The minimum Gasteiger partial charge on any atom is -0.494 e. The Balaban J connectivity index is 1.25. The lowest BCUT2D eigenvalue weighted by Gasteiger charge is -2.25. The van der Waals surface area contributed by atoms with Gasteiger partial charge < -0.3 is 24.8 Å². The van der Waals surface area contributed by atoms with Gasteiger partial charge in [-0.05, 0) is 36.2 Å². The summed E-state index contributed by atoms with van der Waals surface area (Å²) in [5.41, 5.74) is 2.48. The molecule has 0 saturated carbocycles. The Morgan fingerprint density at radius 3 is 2.68 bits per heavy atom. The average Bonchev–Trinajstić information content (AvgIpc) is 3.71. The number of nitrogens with one attached hydrogen (secondary N) is 2. The van der Waals surface area contributed by atoms with Crippen LogP contribution in [0.2, 0.25) is 5.02 Å². The van der Waals surface area contributed by atoms with Crippen molar-refractivity contribution in [2.75, 3.05) is 39.3 Å². The molecule has 0 unspecified atom stereocenters. The van der Waals surface area contributed by atoms with Crippen molar-refractivity contribution in [1.82, 2.24) is 29.9 Å². The smallest absolute Gasteiger partial charge is 0.275 e. The molecule has 2 aliphatic rings. The van der Waals surface area contributed by atoms with Gasteiger partial charge in [-0.1, -0.05) is 35.9 Å². The molecule has 2 aromatic carbocycles. The van der Waals surface area contributed by atoms with Crippen LogP contribution in [0, 0.1) is 5.92 Å². The van der Waals surface area contributed by atoms with Gasteiger partial charge in [-0.25, -0.2) is 0 Å². The third-order valence-electron chi connectivity index (χ3n) is 7.84. The second-order valence-corrected chi connectivity index (χ2v) is 10.9. The summed E-state index contributed by atoms with van der Waals surface area (Å²) in [5.74, 6) is -0.627. The number of ether oxygens (including phenoxy) is 1. The SMILES string of the molecule is Cn1cc(Cl)c(C(=O)N2C[C@@H]3C(=O)NCCN(C(=O)c4cccc5cc[nH]c45)CCCOc4cccc(c4)[C@H]3C2)n1. The average molecular weight is 575 g/mol. The van der Waals surface area contributed by atoms with Gasteiger partial charge in [0.05, 0.1) is 28.6 Å². The Labute approximate surface area is 242 Å². The van der Waals surface area contributed by atoms with Gasteiger partial charge in [-0.15, -0.1) is 0 Å². The zero-order valence-corrected chi connectivity index (χ0v) is 23.4. The Bertz CT molecular complexity index is 1610. The van der Waals surface area contributed by atoms with Gasteiger partial charge in [0.1, 0.15) is 5.75 Å². The molecule has 1 saturated heterocycles. The molecule has 1 fully saturated rings. The maximum atomic E-state index is 13.6. The van der Waals surface area contributed by atoms with E-state index in [0.717, 1.165) is 16.5 Å². The third kappa shape index (κ3) is 5.39. The lowest BCUT2D eigenvalue weighted by molar-refractivity contribution is -0.125. The number of H-pyrrole nitrogens is 1. The molecule has 2 aliphatic heterocycles. The van der Waals surface area contributed by atoms with E-state index in [1.165, 1.54) is 4.68 Å². The summed E-state index contributed by atoms with van der Waals surface area (Å²) in [6.45, 7) is 2.11. The van der Waals surface area contributed by atoms with Crippen molar-refractivity contribution in [3.63, 3.8) is 0 Å². The van der Waals surface area contributed by atoms with Crippen LogP contribution >= 0.6 is 11.6 Å². The Kier molecular flexibility index (Phi) is 7.40. The highest BCUT2D eigenvalue weighted by atomic mass is 35.5. The zero-order valence-electron chi connectivity index (χ0n) is 22.7. The highest BCUT2D eigenvalue weighted by Crippen LogP contribution is 2.35. The van der Waals surface area contributed by atoms with Crippen LogP contribution in [0.3, 0.4) is 0 Å². The Morgan fingerprint density at radius 1 is 1.02 bits per heavy atom. The molecule has 41 heavy (non-hydrogen) atoms. The van der Waals surface area contributed by atoms with Gasteiger partial charge >= 0.3 is 0 Å². The van der Waals surface area contributed by atoms with E-state index in [1.807, 2.05) is 54.7 Å². The normalized spacial score (nSPS) is 19.8. The van der Waals surface area contributed by atoms with Crippen molar-refractivity contribution in [2.45, 2.75) is 12.3 Å². The molecule has 212 valence electrons. The minimum absolute atomic E-state index is 0.107. The molecule has 2 atom stereocenters. The maximum Gasteiger partial charge on any atom is 0.275 e. The molecular formula is C30H31ClN6O4. The predicted molar refractivity (Wildman–Crippen MR) is 154 cm³/mol. The number of halogens is 1. The molecule has 11 heteroatoms. The summed E-state index contributed by atoms with van der Waals surface area (Å²) in [4.78, 5) is 47.1. The molecule has 10 nitrogen and oxygen atoms in total. The Morgan fingerprint density at radius 2 is 1.85 bits per heavy atom. The standard InChI is InChI=1S/C30H31ClN6O4/c1-35-18-25(31)27(34-35)30(40)37-16-23-20-6-2-7-21(15-20)41-14-4-12-36(13-11-33-28(38)24(23)17-37)29(39)22-8-3-5-19-9-10-32-26(19)22/h2-3,5-10,15,18,23-24,32H,4,11-14,16-17H2,1H3,(H,33,38)/t23-,24+/m1/s1. The number of benzene rings is 2. The van der Waals surface area contributed by atoms with Crippen molar-refractivity contribution in [3.05, 3.63) is 82.8 Å². The number of carbonyl (C=O) groups excluding carboxylic acids is 3. The van der Waals surface area contributed by atoms with E-state index < -0.39 is 5.92 Å². The number of carbonyl (C=O) groups is 3. The zero-order chi connectivity index (χ0) is 28.5. The number of fused-ring (bicyclic) bond motifs is 5. The second-order valence-electron chi connectivity index (χ2n) is 10.5. The number of hydrogen-bond donors (Lipinski definition) is 2. The van der Waals surface area contributed by atoms with E-state index in [2.05, 4.69) is 15.4 Å². The molecule has 4 heterocycles. The monoisotopic (exact) mass is 574 g/mol. The van der Waals surface area contributed by atoms with Crippen LogP contribution in [-0.4, -0.2) is 81.6 Å². The van der Waals surface area contributed by atoms with Crippen LogP contribution in [0.4, 0.5) is 0 Å². The van der Waals surface area contributed by atoms with E-state index >= 15 is 0 Å². The lowest BCUT2D eigenvalue weighted by atomic mass is 9.88. The molecule has 3 amide bonds. The molecule has 4 aromatic rings. The molecule has 2 bridgehead atoms. The minimum atomic E-state index is -0.489. The van der Waals surface area contributed by atoms with Gasteiger partial charge in [0.15, 0.2) is 5.69 Å². The molecule has 0 radical (unpaired) electrons. The van der Waals surface area contributed by atoms with Gasteiger partial charge in [0, 0.05) is 63.5 Å². The van der Waals surface area contributed by atoms with E-state index in [0.29, 0.717) is 44.0 Å². The van der Waals surface area contributed by atoms with E-state index in [9.17, 15) is 14.4 Å². The summed E-state index contributed by atoms with van der Waals surface area (Å²) in [6.07, 6.45) is 4.03. The first-order valence-electron chi connectivity index (χ1n) is 13.7. The third-order valence-corrected chi connectivity index (χ3v) is 8.12. The summed E-state index contributed by atoms with van der Waals surface area (Å²) < 4.78 is 7.56. The molecule has 0 aliphatic carbocycles. The number of amides is 3. The van der Waals surface area contributed by atoms with Gasteiger partial charge in [-0.3, -0.25) is 19.1 Å². The van der Waals surface area contributed by atoms with Crippen molar-refractivity contribution in [3.8, 4) is 5.75 Å². The molecule has 6 rings (SSSR count). The Hall–Kier alpha value is -4.31. The van der Waals surface area contributed by atoms with Crippen LogP contribution in [0.25, 0.3) is 10.9 Å². The molecule has 2 aromatic heterocycles. The van der Waals surface area contributed by atoms with E-state index in [1.54, 1.807) is 23.0 Å². The van der Waals surface area contributed by atoms with Crippen LogP contribution < -0.4 is 10.1 Å². The number of nitrogens with zero attached hydrogens (tertiary/aromatic N) is 4. The van der Waals surface area contributed by atoms with Crippen LogP contribution in [0.15, 0.2) is 60.9 Å². The predicted octanol–water partition coefficient (Wildman–Crippen LogP) is 3.45. The van der Waals surface area contributed by atoms with E-state index in [-0.39, 0.29) is 47.4 Å². The molecule has 2 N–H and O–H groups in total. The first kappa shape index (κ1) is 26.9. The van der Waals surface area contributed by atoms with Crippen molar-refractivity contribution < 1.29 is 19.1 Å². The van der Waals surface area contributed by atoms with Crippen LogP contribution in [0.5, 0.6) is 5.75 Å². The van der Waals surface area contributed by atoms with Crippen LogP contribution in [0.1, 0.15) is 38.7 Å². The summed E-state index contributed by atoms with van der Waals surface area (Å²) in [6, 6.07) is 15.3. The quantitative estimate of drug-likeness (QED) is 0.381. The summed E-state index contributed by atoms with van der Waals surface area (Å²) in [5, 5.41) is 8.51.